The summed E-state index contributed by atoms with van der Waals surface area (Å²) in [5.41, 5.74) is -2.86. The molecule has 0 spiro atoms. The van der Waals surface area contributed by atoms with Crippen molar-refractivity contribution < 1.29 is 58.9 Å². The Morgan fingerprint density at radius 1 is 0.750 bits per heavy atom. The van der Waals surface area contributed by atoms with Crippen molar-refractivity contribution in [1.29, 1.82) is 0 Å². The van der Waals surface area contributed by atoms with Crippen LogP contribution in [0.3, 0.4) is 0 Å². The summed E-state index contributed by atoms with van der Waals surface area (Å²) in [7, 11) is 0. The normalized spacial score (nSPS) is 25.9. The smallest absolute Gasteiger partial charge is 0.333 e. The summed E-state index contributed by atoms with van der Waals surface area (Å²) in [6.45, 7) is 19.7. The van der Waals surface area contributed by atoms with Crippen molar-refractivity contribution in [3.05, 3.63) is 72.9 Å². The van der Waals surface area contributed by atoms with Crippen molar-refractivity contribution >= 4 is 17.9 Å². The SMILES string of the molecule is C=CC(C)(O)CCC=C(C)C(=O)OCC1OC(OC(C)(C=C)CCC=C(C)C(=O)O)C(O)C(OC(=O)C(C)=CCCC(C)(O)C=C)C1O. The van der Waals surface area contributed by atoms with Crippen LogP contribution in [0.25, 0.3) is 0 Å². The first-order valence-electron chi connectivity index (χ1n) is 15.9. The van der Waals surface area contributed by atoms with Crippen LogP contribution in [-0.2, 0) is 33.3 Å². The molecule has 1 fully saturated rings. The molecule has 0 radical (unpaired) electrons. The highest BCUT2D eigenvalue weighted by molar-refractivity contribution is 5.88. The topological polar surface area (TPSA) is 189 Å². The summed E-state index contributed by atoms with van der Waals surface area (Å²) in [5.74, 6) is -2.63. The van der Waals surface area contributed by atoms with Crippen LogP contribution in [0.15, 0.2) is 72.9 Å². The third-order valence-corrected chi connectivity index (χ3v) is 8.23. The summed E-state index contributed by atoms with van der Waals surface area (Å²) in [4.78, 5) is 36.9. The Hall–Kier alpha value is -3.39. The number of hydrogen-bond donors (Lipinski definition) is 5. The van der Waals surface area contributed by atoms with Gasteiger partial charge in [-0.1, -0.05) is 36.5 Å². The van der Waals surface area contributed by atoms with Gasteiger partial charge in [-0.2, -0.15) is 0 Å². The number of allylic oxidation sites excluding steroid dienone is 3. The lowest BCUT2D eigenvalue weighted by atomic mass is 9.96. The second kappa shape index (κ2) is 19.0. The minimum Gasteiger partial charge on any atom is -0.478 e. The van der Waals surface area contributed by atoms with E-state index in [1.54, 1.807) is 32.9 Å². The van der Waals surface area contributed by atoms with E-state index < -0.39 is 72.0 Å². The van der Waals surface area contributed by atoms with Gasteiger partial charge in [0.1, 0.15) is 24.9 Å². The summed E-state index contributed by atoms with van der Waals surface area (Å²) in [6.07, 6.45) is 3.01. The number of carbonyl (C=O) groups is 3. The summed E-state index contributed by atoms with van der Waals surface area (Å²) >= 11 is 0. The Labute approximate surface area is 283 Å². The number of carboxylic acid groups (broad SMARTS) is 1. The summed E-state index contributed by atoms with van der Waals surface area (Å²) in [5, 5.41) is 51.8. The fourth-order valence-electron chi connectivity index (χ4n) is 4.43. The Kier molecular flexibility index (Phi) is 16.8. The molecule has 0 aromatic heterocycles. The molecular formula is C36H54O12. The van der Waals surface area contributed by atoms with E-state index in [4.69, 9.17) is 24.1 Å². The molecule has 1 aliphatic heterocycles. The molecule has 0 saturated carbocycles. The number of aliphatic hydroxyl groups excluding tert-OH is 2. The van der Waals surface area contributed by atoms with Crippen LogP contribution in [0.5, 0.6) is 0 Å². The number of aliphatic hydroxyl groups is 4. The molecule has 8 atom stereocenters. The minimum atomic E-state index is -1.69. The molecule has 12 nitrogen and oxygen atoms in total. The van der Waals surface area contributed by atoms with Gasteiger partial charge in [0.2, 0.25) is 0 Å². The first-order chi connectivity index (χ1) is 22.2. The molecule has 8 unspecified atom stereocenters. The molecule has 1 saturated heterocycles. The molecule has 0 bridgehead atoms. The quantitative estimate of drug-likeness (QED) is 0.0709. The minimum absolute atomic E-state index is 0.138. The predicted octanol–water partition coefficient (Wildman–Crippen LogP) is 3.99. The van der Waals surface area contributed by atoms with E-state index in [0.717, 1.165) is 0 Å². The number of carboxylic acids is 1. The van der Waals surface area contributed by atoms with Gasteiger partial charge in [-0.25, -0.2) is 14.4 Å². The van der Waals surface area contributed by atoms with Crippen molar-refractivity contribution in [1.82, 2.24) is 0 Å². The van der Waals surface area contributed by atoms with Crippen LogP contribution in [-0.4, -0.2) is 97.6 Å². The maximum atomic E-state index is 13.0. The van der Waals surface area contributed by atoms with Gasteiger partial charge in [-0.15, -0.1) is 19.7 Å². The van der Waals surface area contributed by atoms with Crippen LogP contribution in [0.1, 0.15) is 80.1 Å². The fraction of sp³-hybridized carbons (Fsp3) is 0.583. The van der Waals surface area contributed by atoms with Crippen LogP contribution in [0, 0.1) is 0 Å². The number of esters is 2. The van der Waals surface area contributed by atoms with Gasteiger partial charge in [0.25, 0.3) is 0 Å². The van der Waals surface area contributed by atoms with E-state index in [-0.39, 0.29) is 36.0 Å². The highest BCUT2D eigenvalue weighted by Crippen LogP contribution is 2.31. The van der Waals surface area contributed by atoms with Crippen molar-refractivity contribution in [3.8, 4) is 0 Å². The molecule has 0 aromatic rings. The second-order valence-corrected chi connectivity index (χ2v) is 12.8. The van der Waals surface area contributed by atoms with Crippen LogP contribution in [0.4, 0.5) is 0 Å². The van der Waals surface area contributed by atoms with Gasteiger partial charge in [-0.05, 0) is 80.1 Å². The number of hydrogen-bond acceptors (Lipinski definition) is 11. The Balaban J connectivity index is 3.22. The molecule has 1 rings (SSSR count). The lowest BCUT2D eigenvalue weighted by Crippen LogP contribution is -2.62. The van der Waals surface area contributed by atoms with Gasteiger partial charge in [0, 0.05) is 16.7 Å². The highest BCUT2D eigenvalue weighted by atomic mass is 16.7. The van der Waals surface area contributed by atoms with E-state index in [9.17, 15) is 34.8 Å². The zero-order chi connectivity index (χ0) is 36.9. The largest absolute Gasteiger partial charge is 0.478 e. The van der Waals surface area contributed by atoms with Crippen molar-refractivity contribution in [2.45, 2.75) is 128 Å². The monoisotopic (exact) mass is 678 g/mol. The Morgan fingerprint density at radius 2 is 1.23 bits per heavy atom. The lowest BCUT2D eigenvalue weighted by molar-refractivity contribution is -0.321. The molecule has 270 valence electrons. The van der Waals surface area contributed by atoms with Crippen molar-refractivity contribution in [3.63, 3.8) is 0 Å². The summed E-state index contributed by atoms with van der Waals surface area (Å²) in [6, 6.07) is 0. The Bertz CT molecular complexity index is 1240. The summed E-state index contributed by atoms with van der Waals surface area (Å²) < 4.78 is 22.9. The number of rotatable bonds is 20. The maximum absolute atomic E-state index is 13.0. The van der Waals surface area contributed by atoms with E-state index in [1.165, 1.54) is 45.1 Å². The van der Waals surface area contributed by atoms with Gasteiger partial charge in [0.05, 0.1) is 16.8 Å². The highest BCUT2D eigenvalue weighted by Gasteiger charge is 2.49. The molecule has 1 heterocycles. The Morgan fingerprint density at radius 3 is 1.71 bits per heavy atom. The molecule has 0 amide bonds. The van der Waals surface area contributed by atoms with E-state index in [0.29, 0.717) is 19.3 Å². The zero-order valence-electron chi connectivity index (χ0n) is 29.0. The predicted molar refractivity (Wildman–Crippen MR) is 179 cm³/mol. The third-order valence-electron chi connectivity index (χ3n) is 8.23. The average molecular weight is 679 g/mol. The molecular weight excluding hydrogens is 624 g/mol. The molecule has 1 aliphatic rings. The molecule has 0 aliphatic carbocycles. The van der Waals surface area contributed by atoms with Gasteiger partial charge < -0.3 is 44.5 Å². The number of ether oxygens (including phenoxy) is 4. The first-order valence-corrected chi connectivity index (χ1v) is 15.9. The number of aliphatic carboxylic acids is 1. The maximum Gasteiger partial charge on any atom is 0.333 e. The molecule has 12 heteroatoms. The first kappa shape index (κ1) is 42.6. The van der Waals surface area contributed by atoms with Crippen molar-refractivity contribution in [2.24, 2.45) is 0 Å². The van der Waals surface area contributed by atoms with E-state index in [1.807, 2.05) is 0 Å². The second-order valence-electron chi connectivity index (χ2n) is 12.8. The van der Waals surface area contributed by atoms with Gasteiger partial charge >= 0.3 is 17.9 Å². The third kappa shape index (κ3) is 14.0. The molecule has 5 N–H and O–H groups in total. The average Bonchev–Trinajstić information content (AvgIpc) is 3.02. The lowest BCUT2D eigenvalue weighted by Gasteiger charge is -2.44. The van der Waals surface area contributed by atoms with Crippen LogP contribution < -0.4 is 0 Å². The number of carbonyl (C=O) groups excluding carboxylic acids is 2. The van der Waals surface area contributed by atoms with Gasteiger partial charge in [0.15, 0.2) is 12.4 Å². The van der Waals surface area contributed by atoms with Crippen molar-refractivity contribution in [2.75, 3.05) is 6.61 Å². The van der Waals surface area contributed by atoms with Gasteiger partial charge in [-0.3, -0.25) is 0 Å². The standard InChI is InChI=1S/C36H54O12/c1-10-34(7,43)19-13-17-24(5)31(41)45-22-26-27(37)29(47-32(42)25(6)18-14-20-35(8,44)11-2)28(38)33(46-26)48-36(9,12-3)21-15-16-23(4)30(39)40/h10-12,16-18,26-29,33,37-38,43-44H,1-3,13-15,19-22H2,4-9H3,(H,39,40). The molecule has 48 heavy (non-hydrogen) atoms. The van der Waals surface area contributed by atoms with Crippen LogP contribution >= 0.6 is 0 Å². The fourth-order valence-corrected chi connectivity index (χ4v) is 4.43. The zero-order valence-corrected chi connectivity index (χ0v) is 29.0. The van der Waals surface area contributed by atoms with E-state index >= 15 is 0 Å². The molecule has 0 aromatic carbocycles. The van der Waals surface area contributed by atoms with Crippen LogP contribution in [0.2, 0.25) is 0 Å². The van der Waals surface area contributed by atoms with E-state index in [2.05, 4.69) is 19.7 Å².